The van der Waals surface area contributed by atoms with E-state index in [1.165, 1.54) is 17.0 Å². The Bertz CT molecular complexity index is 2320. The summed E-state index contributed by atoms with van der Waals surface area (Å²) in [6, 6.07) is 32.9. The number of non-ortho nitro benzene ring substituents is 1. The maximum Gasteiger partial charge on any atom is 0.285 e. The molecule has 0 aliphatic carbocycles. The number of aromatic nitrogens is 1. The van der Waals surface area contributed by atoms with Gasteiger partial charge < -0.3 is 9.88 Å². The highest BCUT2D eigenvalue weighted by molar-refractivity contribution is 8.14. The predicted molar refractivity (Wildman–Crippen MR) is 215 cm³/mol. The topological polar surface area (TPSA) is 127 Å². The molecule has 1 aliphatic heterocycles. The highest BCUT2D eigenvalue weighted by atomic mass is 32.2. The number of aliphatic imine (C=N–C) groups is 1. The van der Waals surface area contributed by atoms with Crippen LogP contribution in [-0.4, -0.2) is 43.0 Å². The highest BCUT2D eigenvalue weighted by Crippen LogP contribution is 2.32. The first kappa shape index (κ1) is 37.2. The van der Waals surface area contributed by atoms with E-state index in [0.717, 1.165) is 45.0 Å². The molecule has 0 spiro atoms. The summed E-state index contributed by atoms with van der Waals surface area (Å²) in [4.78, 5) is 58.2. The van der Waals surface area contributed by atoms with Crippen molar-refractivity contribution in [1.29, 1.82) is 0 Å². The maximum atomic E-state index is 14.4. The summed E-state index contributed by atoms with van der Waals surface area (Å²) < 4.78 is 2.05. The van der Waals surface area contributed by atoms with Crippen molar-refractivity contribution in [2.24, 2.45) is 4.99 Å². The number of thioether (sulfide) groups is 1. The van der Waals surface area contributed by atoms with Gasteiger partial charge in [-0.25, -0.2) is 0 Å². The lowest BCUT2D eigenvalue weighted by Gasteiger charge is -2.28. The van der Waals surface area contributed by atoms with Crippen molar-refractivity contribution in [1.82, 2.24) is 14.8 Å². The fraction of sp³-hybridized carbons (Fsp3) is 0.116. The van der Waals surface area contributed by atoms with Crippen LogP contribution in [0.15, 0.2) is 156 Å². The van der Waals surface area contributed by atoms with Gasteiger partial charge in [-0.2, -0.15) is 4.99 Å². The van der Waals surface area contributed by atoms with Crippen LogP contribution in [0.4, 0.5) is 5.69 Å². The number of nitrogens with zero attached hydrogens (tertiary/aromatic N) is 4. The SMILES string of the molecule is C=C/C=C\C(=C/C)N1C(=O)/C(=C/c2c(C)n(Cc3ccc([N+](=O)[O-])cc3)c3ccccc23)C(=O)N=C1SCC(=O)NC(c1ccccc1)c1ccccc1. The molecule has 270 valence electrons. The number of nitrogens with one attached hydrogen (secondary N) is 1. The van der Waals surface area contributed by atoms with Crippen molar-refractivity contribution in [2.45, 2.75) is 26.4 Å². The Morgan fingerprint density at radius 2 is 1.57 bits per heavy atom. The van der Waals surface area contributed by atoms with Crippen LogP contribution in [0.2, 0.25) is 0 Å². The fourth-order valence-electron chi connectivity index (χ4n) is 6.29. The van der Waals surface area contributed by atoms with Gasteiger partial charge >= 0.3 is 0 Å². The van der Waals surface area contributed by atoms with Crippen molar-refractivity contribution < 1.29 is 19.3 Å². The van der Waals surface area contributed by atoms with E-state index in [4.69, 9.17) is 0 Å². The van der Waals surface area contributed by atoms with Gasteiger partial charge in [-0.3, -0.25) is 29.4 Å². The third-order valence-corrected chi connectivity index (χ3v) is 9.91. The largest absolute Gasteiger partial charge is 0.344 e. The van der Waals surface area contributed by atoms with Crippen LogP contribution in [0.25, 0.3) is 17.0 Å². The van der Waals surface area contributed by atoms with Gasteiger partial charge in [-0.05, 0) is 48.8 Å². The average Bonchev–Trinajstić information content (AvgIpc) is 3.45. The van der Waals surface area contributed by atoms with E-state index in [0.29, 0.717) is 17.8 Å². The number of amidine groups is 1. The molecule has 1 aromatic heterocycles. The molecule has 0 radical (unpaired) electrons. The number of allylic oxidation sites excluding steroid dienone is 4. The van der Waals surface area contributed by atoms with Gasteiger partial charge in [-0.15, -0.1) is 0 Å². The van der Waals surface area contributed by atoms with Gasteiger partial charge in [0, 0.05) is 46.5 Å². The molecule has 1 N–H and O–H groups in total. The Morgan fingerprint density at radius 3 is 2.19 bits per heavy atom. The summed E-state index contributed by atoms with van der Waals surface area (Å²) in [5.74, 6) is -1.72. The number of hydrogen-bond acceptors (Lipinski definition) is 6. The van der Waals surface area contributed by atoms with Crippen LogP contribution < -0.4 is 5.32 Å². The minimum absolute atomic E-state index is 0.00264. The minimum atomic E-state index is -0.722. The third kappa shape index (κ3) is 8.06. The smallest absolute Gasteiger partial charge is 0.285 e. The Kier molecular flexibility index (Phi) is 11.6. The minimum Gasteiger partial charge on any atom is -0.344 e. The third-order valence-electron chi connectivity index (χ3n) is 8.97. The molecule has 54 heavy (non-hydrogen) atoms. The number of nitro benzene ring substituents is 1. The first-order chi connectivity index (χ1) is 26.2. The fourth-order valence-corrected chi connectivity index (χ4v) is 7.10. The zero-order valence-electron chi connectivity index (χ0n) is 29.7. The second-order valence-electron chi connectivity index (χ2n) is 12.3. The van der Waals surface area contributed by atoms with Crippen molar-refractivity contribution in [2.75, 3.05) is 5.75 Å². The molecule has 0 atom stereocenters. The zero-order valence-corrected chi connectivity index (χ0v) is 30.5. The van der Waals surface area contributed by atoms with Crippen molar-refractivity contribution >= 4 is 57.3 Å². The second kappa shape index (κ2) is 16.8. The van der Waals surface area contributed by atoms with Crippen molar-refractivity contribution in [3.8, 4) is 0 Å². The van der Waals surface area contributed by atoms with Crippen molar-refractivity contribution in [3.63, 3.8) is 0 Å². The number of rotatable bonds is 12. The standard InChI is InChI=1S/C43H37N5O5S/c1-4-6-19-33(5-2)47-42(51)37(26-36-29(3)46(38-21-14-13-20-35(36)38)27-30-22-24-34(25-23-30)48(52)53)41(50)45-43(47)54-28-39(49)44-40(31-15-9-7-10-16-31)32-17-11-8-12-18-32/h4-26,40H,1,27-28H2,2-3H3,(H,44,49)/b19-6-,33-5+,37-26+. The molecule has 1 aliphatic rings. The summed E-state index contributed by atoms with van der Waals surface area (Å²) in [5, 5.41) is 15.2. The first-order valence-corrected chi connectivity index (χ1v) is 18.2. The lowest BCUT2D eigenvalue weighted by molar-refractivity contribution is -0.384. The summed E-state index contributed by atoms with van der Waals surface area (Å²) in [5.41, 5.74) is 5.32. The summed E-state index contributed by atoms with van der Waals surface area (Å²) in [6.07, 6.45) is 8.25. The molecule has 3 amide bonds. The van der Waals surface area contributed by atoms with Crippen LogP contribution >= 0.6 is 11.8 Å². The number of carbonyl (C=O) groups is 3. The van der Waals surface area contributed by atoms with Crippen LogP contribution in [0.5, 0.6) is 0 Å². The van der Waals surface area contributed by atoms with Crippen molar-refractivity contribution in [3.05, 3.63) is 189 Å². The molecule has 11 heteroatoms. The van der Waals surface area contributed by atoms with E-state index < -0.39 is 22.8 Å². The number of hydrogen-bond donors (Lipinski definition) is 1. The van der Waals surface area contributed by atoms with Gasteiger partial charge in [-0.1, -0.05) is 128 Å². The van der Waals surface area contributed by atoms with E-state index in [-0.39, 0.29) is 28.1 Å². The molecule has 6 rings (SSSR count). The molecule has 0 fully saturated rings. The normalized spacial score (nSPS) is 14.3. The van der Waals surface area contributed by atoms with Gasteiger partial charge in [0.1, 0.15) is 5.57 Å². The molecule has 4 aromatic carbocycles. The Labute approximate surface area is 317 Å². The van der Waals surface area contributed by atoms with Crippen LogP contribution in [-0.2, 0) is 20.9 Å². The number of carbonyl (C=O) groups excluding carboxylic acids is 3. The van der Waals surface area contributed by atoms with Gasteiger partial charge in [0.2, 0.25) is 5.91 Å². The Morgan fingerprint density at radius 1 is 0.944 bits per heavy atom. The van der Waals surface area contributed by atoms with E-state index >= 15 is 0 Å². The number of fused-ring (bicyclic) bond motifs is 1. The zero-order chi connectivity index (χ0) is 38.2. The highest BCUT2D eigenvalue weighted by Gasteiger charge is 2.35. The maximum absolute atomic E-state index is 14.4. The van der Waals surface area contributed by atoms with E-state index in [1.54, 1.807) is 49.4 Å². The quantitative estimate of drug-likeness (QED) is 0.0452. The summed E-state index contributed by atoms with van der Waals surface area (Å²) >= 11 is 1.00. The Hall–Kier alpha value is -6.59. The van der Waals surface area contributed by atoms with Gasteiger partial charge in [0.05, 0.1) is 16.7 Å². The monoisotopic (exact) mass is 735 g/mol. The van der Waals surface area contributed by atoms with E-state index in [9.17, 15) is 24.5 Å². The van der Waals surface area contributed by atoms with E-state index in [2.05, 4.69) is 16.9 Å². The molecule has 5 aromatic rings. The number of amides is 3. The average molecular weight is 736 g/mol. The predicted octanol–water partition coefficient (Wildman–Crippen LogP) is 8.30. The van der Waals surface area contributed by atoms with Crippen LogP contribution in [0, 0.1) is 17.0 Å². The number of benzene rings is 4. The lowest BCUT2D eigenvalue weighted by atomic mass is 9.99. The number of nitro groups is 1. The molecular formula is C43H37N5O5S. The molecule has 2 heterocycles. The molecule has 0 saturated carbocycles. The summed E-state index contributed by atoms with van der Waals surface area (Å²) in [7, 11) is 0. The van der Waals surface area contributed by atoms with Crippen LogP contribution in [0.3, 0.4) is 0 Å². The molecule has 0 bridgehead atoms. The lowest BCUT2D eigenvalue weighted by Crippen LogP contribution is -2.42. The summed E-state index contributed by atoms with van der Waals surface area (Å²) in [6.45, 7) is 7.83. The molecular weight excluding hydrogens is 699 g/mol. The molecule has 0 unspecified atom stereocenters. The molecule has 10 nitrogen and oxygen atoms in total. The van der Waals surface area contributed by atoms with Crippen LogP contribution in [0.1, 0.15) is 40.9 Å². The van der Waals surface area contributed by atoms with E-state index in [1.807, 2.05) is 96.4 Å². The molecule has 0 saturated heterocycles. The number of para-hydroxylation sites is 1. The Balaban J connectivity index is 1.32. The first-order valence-electron chi connectivity index (χ1n) is 17.2. The second-order valence-corrected chi connectivity index (χ2v) is 13.3. The van der Waals surface area contributed by atoms with Gasteiger partial charge in [0.15, 0.2) is 5.17 Å². The van der Waals surface area contributed by atoms with Gasteiger partial charge in [0.25, 0.3) is 17.5 Å².